The number of ether oxygens (including phenoxy) is 1. The molecule has 0 bridgehead atoms. The van der Waals surface area contributed by atoms with E-state index in [9.17, 15) is 5.11 Å². The highest BCUT2D eigenvalue weighted by atomic mass is 16.5. The van der Waals surface area contributed by atoms with Gasteiger partial charge < -0.3 is 20.5 Å². The minimum atomic E-state index is -0.481. The Hall–Kier alpha value is -1.10. The number of methoxy groups -OCH3 is 1. The van der Waals surface area contributed by atoms with Crippen LogP contribution in [0.1, 0.15) is 37.4 Å². The Labute approximate surface area is 121 Å². The second-order valence-corrected chi connectivity index (χ2v) is 5.80. The van der Waals surface area contributed by atoms with Gasteiger partial charge in [-0.15, -0.1) is 0 Å². The Morgan fingerprint density at radius 2 is 2.05 bits per heavy atom. The van der Waals surface area contributed by atoms with Crippen molar-refractivity contribution in [2.24, 2.45) is 5.73 Å². The molecule has 0 saturated heterocycles. The lowest BCUT2D eigenvalue weighted by molar-refractivity contribution is 0.0892. The molecule has 112 valence electrons. The van der Waals surface area contributed by atoms with Crippen molar-refractivity contribution < 1.29 is 9.84 Å². The molecular formula is C16H26N2O2. The lowest BCUT2D eigenvalue weighted by Crippen LogP contribution is -2.40. The smallest absolute Gasteiger partial charge is 0.119 e. The molecule has 4 heteroatoms. The van der Waals surface area contributed by atoms with E-state index in [-0.39, 0.29) is 0 Å². The minimum absolute atomic E-state index is 0.364. The van der Waals surface area contributed by atoms with E-state index in [4.69, 9.17) is 10.5 Å². The number of aliphatic hydroxyl groups is 1. The van der Waals surface area contributed by atoms with Gasteiger partial charge in [0.15, 0.2) is 0 Å². The number of rotatable bonds is 5. The summed E-state index contributed by atoms with van der Waals surface area (Å²) in [5.74, 6) is 0.785. The van der Waals surface area contributed by atoms with Crippen molar-refractivity contribution in [3.05, 3.63) is 29.8 Å². The van der Waals surface area contributed by atoms with Gasteiger partial charge in [-0.05, 0) is 50.4 Å². The van der Waals surface area contributed by atoms with Crippen molar-refractivity contribution in [1.82, 2.24) is 4.90 Å². The van der Waals surface area contributed by atoms with E-state index < -0.39 is 6.10 Å². The molecule has 0 heterocycles. The second-order valence-electron chi connectivity index (χ2n) is 5.80. The Bertz CT molecular complexity index is 417. The number of aliphatic hydroxyl groups excluding tert-OH is 1. The quantitative estimate of drug-likeness (QED) is 0.864. The van der Waals surface area contributed by atoms with Crippen LogP contribution in [0.3, 0.4) is 0 Å². The summed E-state index contributed by atoms with van der Waals surface area (Å²) in [5, 5.41) is 10.4. The highest BCUT2D eigenvalue weighted by Crippen LogP contribution is 2.24. The van der Waals surface area contributed by atoms with Gasteiger partial charge in [0.05, 0.1) is 13.2 Å². The van der Waals surface area contributed by atoms with Gasteiger partial charge >= 0.3 is 0 Å². The van der Waals surface area contributed by atoms with E-state index >= 15 is 0 Å². The standard InChI is InChI=1S/C16H26N2O2/c1-18(14-8-6-13(17)7-9-14)11-16(19)12-4-3-5-15(10-12)20-2/h3-5,10,13-14,16,19H,6-9,11,17H2,1-2H3. The van der Waals surface area contributed by atoms with E-state index in [2.05, 4.69) is 11.9 Å². The minimum Gasteiger partial charge on any atom is -0.497 e. The summed E-state index contributed by atoms with van der Waals surface area (Å²) in [5.41, 5.74) is 6.85. The molecule has 20 heavy (non-hydrogen) atoms. The molecule has 3 N–H and O–H groups in total. The first kappa shape index (κ1) is 15.3. The first-order valence-electron chi connectivity index (χ1n) is 7.38. The average molecular weight is 278 g/mol. The van der Waals surface area contributed by atoms with Crippen LogP contribution in [0.25, 0.3) is 0 Å². The predicted octanol–water partition coefficient (Wildman–Crippen LogP) is 1.93. The predicted molar refractivity (Wildman–Crippen MR) is 80.8 cm³/mol. The Morgan fingerprint density at radius 3 is 2.70 bits per heavy atom. The highest BCUT2D eigenvalue weighted by Gasteiger charge is 2.23. The SMILES string of the molecule is COc1cccc(C(O)CN(C)C2CCC(N)CC2)c1. The van der Waals surface area contributed by atoms with E-state index in [0.717, 1.165) is 37.0 Å². The average Bonchev–Trinajstić information content (AvgIpc) is 2.47. The molecular weight excluding hydrogens is 252 g/mol. The van der Waals surface area contributed by atoms with Crippen LogP contribution >= 0.6 is 0 Å². The molecule has 0 aliphatic heterocycles. The molecule has 1 unspecified atom stereocenters. The topological polar surface area (TPSA) is 58.7 Å². The molecule has 2 rings (SSSR count). The summed E-state index contributed by atoms with van der Waals surface area (Å²) in [4.78, 5) is 2.26. The van der Waals surface area contributed by atoms with Crippen molar-refractivity contribution >= 4 is 0 Å². The zero-order valence-corrected chi connectivity index (χ0v) is 12.5. The molecule has 1 atom stereocenters. The van der Waals surface area contributed by atoms with Crippen molar-refractivity contribution in [2.75, 3.05) is 20.7 Å². The van der Waals surface area contributed by atoms with E-state index in [1.54, 1.807) is 7.11 Å². The number of nitrogens with zero attached hydrogens (tertiary/aromatic N) is 1. The first-order chi connectivity index (χ1) is 9.60. The first-order valence-corrected chi connectivity index (χ1v) is 7.38. The van der Waals surface area contributed by atoms with Gasteiger partial charge in [0, 0.05) is 18.6 Å². The molecule has 0 radical (unpaired) electrons. The summed E-state index contributed by atoms with van der Waals surface area (Å²) in [6, 6.07) is 8.55. The maximum absolute atomic E-state index is 10.4. The largest absolute Gasteiger partial charge is 0.497 e. The molecule has 1 aromatic rings. The van der Waals surface area contributed by atoms with Crippen LogP contribution in [0.2, 0.25) is 0 Å². The number of benzene rings is 1. The zero-order chi connectivity index (χ0) is 14.5. The summed E-state index contributed by atoms with van der Waals surface area (Å²) in [7, 11) is 3.73. The number of hydrogen-bond donors (Lipinski definition) is 2. The van der Waals surface area contributed by atoms with Gasteiger partial charge in [-0.1, -0.05) is 12.1 Å². The maximum atomic E-state index is 10.4. The molecule has 0 amide bonds. The van der Waals surface area contributed by atoms with Crippen LogP contribution < -0.4 is 10.5 Å². The molecule has 1 saturated carbocycles. The fraction of sp³-hybridized carbons (Fsp3) is 0.625. The number of hydrogen-bond acceptors (Lipinski definition) is 4. The van der Waals surface area contributed by atoms with Gasteiger partial charge in [0.1, 0.15) is 5.75 Å². The summed E-state index contributed by atoms with van der Waals surface area (Å²) in [6.07, 6.45) is 3.95. The third kappa shape index (κ3) is 3.95. The Balaban J connectivity index is 1.91. The lowest BCUT2D eigenvalue weighted by Gasteiger charge is -2.34. The van der Waals surface area contributed by atoms with Crippen LogP contribution in [-0.2, 0) is 0 Å². The van der Waals surface area contributed by atoms with E-state index in [1.165, 1.54) is 0 Å². The Kier molecular flexibility index (Phi) is 5.40. The number of likely N-dealkylation sites (N-methyl/N-ethyl adjacent to an activating group) is 1. The molecule has 1 aliphatic rings. The molecule has 1 aliphatic carbocycles. The van der Waals surface area contributed by atoms with Gasteiger partial charge in [-0.25, -0.2) is 0 Å². The number of nitrogens with two attached hydrogens (primary N) is 1. The second kappa shape index (κ2) is 7.07. The monoisotopic (exact) mass is 278 g/mol. The van der Waals surface area contributed by atoms with Crippen molar-refractivity contribution in [3.8, 4) is 5.75 Å². The van der Waals surface area contributed by atoms with Crippen molar-refractivity contribution in [1.29, 1.82) is 0 Å². The zero-order valence-electron chi connectivity index (χ0n) is 12.5. The fourth-order valence-corrected chi connectivity index (χ4v) is 2.92. The summed E-state index contributed by atoms with van der Waals surface area (Å²) < 4.78 is 5.20. The summed E-state index contributed by atoms with van der Waals surface area (Å²) in [6.45, 7) is 0.646. The van der Waals surface area contributed by atoms with Gasteiger partial charge in [0.2, 0.25) is 0 Å². The van der Waals surface area contributed by atoms with Crippen LogP contribution in [-0.4, -0.2) is 42.8 Å². The third-order valence-corrected chi connectivity index (χ3v) is 4.30. The van der Waals surface area contributed by atoms with Crippen molar-refractivity contribution in [2.45, 2.75) is 43.9 Å². The Morgan fingerprint density at radius 1 is 1.35 bits per heavy atom. The van der Waals surface area contributed by atoms with Crippen LogP contribution in [0.4, 0.5) is 0 Å². The van der Waals surface area contributed by atoms with Crippen LogP contribution in [0.15, 0.2) is 24.3 Å². The van der Waals surface area contributed by atoms with Gasteiger partial charge in [-0.2, -0.15) is 0 Å². The molecule has 4 nitrogen and oxygen atoms in total. The lowest BCUT2D eigenvalue weighted by atomic mass is 9.90. The molecule has 0 spiro atoms. The third-order valence-electron chi connectivity index (χ3n) is 4.30. The maximum Gasteiger partial charge on any atom is 0.119 e. The van der Waals surface area contributed by atoms with Gasteiger partial charge in [0.25, 0.3) is 0 Å². The van der Waals surface area contributed by atoms with Gasteiger partial charge in [-0.3, -0.25) is 0 Å². The van der Waals surface area contributed by atoms with Crippen molar-refractivity contribution in [3.63, 3.8) is 0 Å². The van der Waals surface area contributed by atoms with E-state index in [1.807, 2.05) is 24.3 Å². The molecule has 1 aromatic carbocycles. The highest BCUT2D eigenvalue weighted by molar-refractivity contribution is 5.29. The molecule has 0 aromatic heterocycles. The summed E-state index contributed by atoms with van der Waals surface area (Å²) >= 11 is 0. The van der Waals surface area contributed by atoms with E-state index in [0.29, 0.717) is 18.6 Å². The van der Waals surface area contributed by atoms with Crippen LogP contribution in [0, 0.1) is 0 Å². The fourth-order valence-electron chi connectivity index (χ4n) is 2.92. The normalized spacial score (nSPS) is 24.6. The molecule has 1 fully saturated rings. The van der Waals surface area contributed by atoms with Crippen LogP contribution in [0.5, 0.6) is 5.75 Å².